The molecule has 25 heavy (non-hydrogen) atoms. The van der Waals surface area contributed by atoms with E-state index in [2.05, 4.69) is 11.4 Å². The normalized spacial score (nSPS) is 50.1. The summed E-state index contributed by atoms with van der Waals surface area (Å²) in [6.45, 7) is 0. The van der Waals surface area contributed by atoms with E-state index < -0.39 is 11.6 Å². The molecule has 6 nitrogen and oxygen atoms in total. The number of likely N-dealkylation sites (tertiary alicyclic amines) is 1. The topological polar surface area (TPSA) is 93.4 Å². The maximum atomic E-state index is 13.4. The lowest BCUT2D eigenvalue weighted by atomic mass is 9.46. The number of hydrogen-bond acceptors (Lipinski definition) is 4. The second-order valence-corrected chi connectivity index (χ2v) is 9.45. The number of nitriles is 1. The van der Waals surface area contributed by atoms with Crippen LogP contribution in [0.25, 0.3) is 0 Å². The predicted molar refractivity (Wildman–Crippen MR) is 87.8 cm³/mol. The predicted octanol–water partition coefficient (Wildman–Crippen LogP) is 0.945. The molecule has 2 unspecified atom stereocenters. The van der Waals surface area contributed by atoms with Crippen molar-refractivity contribution in [2.75, 3.05) is 0 Å². The molecule has 1 aliphatic heterocycles. The van der Waals surface area contributed by atoms with Gasteiger partial charge in [-0.15, -0.1) is 0 Å². The smallest absolute Gasteiger partial charge is 0.247 e. The summed E-state index contributed by atoms with van der Waals surface area (Å²) in [6.07, 6.45) is 7.61. The van der Waals surface area contributed by atoms with Gasteiger partial charge in [0.2, 0.25) is 12.3 Å². The zero-order valence-corrected chi connectivity index (χ0v) is 14.4. The molecule has 4 bridgehead atoms. The first-order valence-electron chi connectivity index (χ1n) is 9.61. The Morgan fingerprint density at radius 3 is 2.56 bits per heavy atom. The summed E-state index contributed by atoms with van der Waals surface area (Å²) in [5.74, 6) is 1.28. The Kier molecular flexibility index (Phi) is 3.11. The number of carbonyl (C=O) groups is 2. The van der Waals surface area contributed by atoms with Crippen LogP contribution in [-0.2, 0) is 9.59 Å². The minimum Gasteiger partial charge on any atom is -0.390 e. The van der Waals surface area contributed by atoms with Gasteiger partial charge in [0.05, 0.1) is 11.7 Å². The number of piperidine rings is 1. The van der Waals surface area contributed by atoms with Gasteiger partial charge in [0, 0.05) is 11.5 Å². The van der Waals surface area contributed by atoms with Crippen molar-refractivity contribution < 1.29 is 14.7 Å². The maximum absolute atomic E-state index is 13.4. The molecule has 0 aromatic carbocycles. The first-order chi connectivity index (χ1) is 12.0. The monoisotopic (exact) mass is 343 g/mol. The zero-order valence-electron chi connectivity index (χ0n) is 14.4. The van der Waals surface area contributed by atoms with E-state index in [1.807, 2.05) is 0 Å². The fraction of sp³-hybridized carbons (Fsp3) is 0.842. The van der Waals surface area contributed by atoms with Gasteiger partial charge in [-0.05, 0) is 69.1 Å². The standard InChI is InChI=1S/C19H25N3O3/c20-8-14-2-13-3-15(13)22(14)17(24)16(21-10-23)18-4-11-1-12(5-18)7-19(25,6-11)9-18/h10-16,25H,1-7,9H2,(H,21,23)/t11-,12+,13-,14+,15+,16-,18?,19?/m1/s1. The number of rotatable bonds is 4. The summed E-state index contributed by atoms with van der Waals surface area (Å²) in [4.78, 5) is 26.5. The van der Waals surface area contributed by atoms with Crippen LogP contribution in [0.1, 0.15) is 51.4 Å². The van der Waals surface area contributed by atoms with Gasteiger partial charge in [0.15, 0.2) is 0 Å². The van der Waals surface area contributed by atoms with Gasteiger partial charge in [-0.2, -0.15) is 5.26 Å². The molecule has 5 saturated carbocycles. The molecule has 2 N–H and O–H groups in total. The van der Waals surface area contributed by atoms with Gasteiger partial charge in [0.25, 0.3) is 0 Å². The van der Waals surface area contributed by atoms with Crippen molar-refractivity contribution >= 4 is 12.3 Å². The highest BCUT2D eigenvalue weighted by Gasteiger charge is 2.63. The van der Waals surface area contributed by atoms with Crippen LogP contribution >= 0.6 is 0 Å². The Morgan fingerprint density at radius 1 is 1.24 bits per heavy atom. The lowest BCUT2D eigenvalue weighted by Crippen LogP contribution is -2.65. The molecule has 8 atom stereocenters. The highest BCUT2D eigenvalue weighted by Crippen LogP contribution is 2.63. The molecule has 134 valence electrons. The van der Waals surface area contributed by atoms with Crippen molar-refractivity contribution in [1.29, 1.82) is 5.26 Å². The number of fused-ring (bicyclic) bond motifs is 1. The Balaban J connectivity index is 1.48. The Morgan fingerprint density at radius 2 is 1.96 bits per heavy atom. The highest BCUT2D eigenvalue weighted by molar-refractivity contribution is 5.86. The zero-order chi connectivity index (χ0) is 17.4. The molecule has 5 aliphatic carbocycles. The number of amides is 2. The quantitative estimate of drug-likeness (QED) is 0.743. The van der Waals surface area contributed by atoms with Crippen molar-refractivity contribution in [3.8, 4) is 6.07 Å². The van der Waals surface area contributed by atoms with Crippen LogP contribution in [0.3, 0.4) is 0 Å². The highest BCUT2D eigenvalue weighted by atomic mass is 16.3. The minimum atomic E-state index is -0.672. The SMILES string of the molecule is N#C[C@@H]1C[C@@H]2C[C@@H]2N1C(=O)[C@@H](NC=O)C12C[C@@H]3C[C@@H](CC(O)(C3)C1)C2. The second kappa shape index (κ2) is 4.97. The van der Waals surface area contributed by atoms with Gasteiger partial charge in [0.1, 0.15) is 12.1 Å². The Hall–Kier alpha value is -1.61. The summed E-state index contributed by atoms with van der Waals surface area (Å²) in [6, 6.07) is 1.50. The van der Waals surface area contributed by atoms with Crippen LogP contribution in [0.2, 0.25) is 0 Å². The third-order valence-corrected chi connectivity index (χ3v) is 7.68. The van der Waals surface area contributed by atoms with Crippen molar-refractivity contribution in [3.05, 3.63) is 0 Å². The van der Waals surface area contributed by atoms with Crippen LogP contribution in [0.5, 0.6) is 0 Å². The van der Waals surface area contributed by atoms with Gasteiger partial charge in [-0.3, -0.25) is 9.59 Å². The average Bonchev–Trinajstić information content (AvgIpc) is 3.19. The molecule has 0 spiro atoms. The average molecular weight is 343 g/mol. The van der Waals surface area contributed by atoms with Gasteiger partial charge in [-0.25, -0.2) is 0 Å². The van der Waals surface area contributed by atoms with Crippen LogP contribution < -0.4 is 5.32 Å². The van der Waals surface area contributed by atoms with E-state index in [-0.39, 0.29) is 23.4 Å². The number of hydrogen-bond donors (Lipinski definition) is 2. The van der Waals surface area contributed by atoms with Crippen LogP contribution in [-0.4, -0.2) is 46.1 Å². The van der Waals surface area contributed by atoms with E-state index in [9.17, 15) is 20.0 Å². The maximum Gasteiger partial charge on any atom is 0.247 e. The molecule has 1 saturated heterocycles. The molecule has 0 aromatic rings. The third kappa shape index (κ3) is 2.18. The molecular formula is C19H25N3O3. The van der Waals surface area contributed by atoms with Gasteiger partial charge in [-0.1, -0.05) is 0 Å². The molecule has 6 heteroatoms. The molecule has 2 amide bonds. The van der Waals surface area contributed by atoms with Crippen molar-refractivity contribution in [2.45, 2.75) is 75.1 Å². The molecule has 6 aliphatic rings. The third-order valence-electron chi connectivity index (χ3n) is 7.68. The van der Waals surface area contributed by atoms with Gasteiger partial charge < -0.3 is 15.3 Å². The van der Waals surface area contributed by atoms with E-state index >= 15 is 0 Å². The fourth-order valence-corrected chi connectivity index (χ4v) is 7.24. The van der Waals surface area contributed by atoms with E-state index in [1.165, 1.54) is 0 Å². The molecule has 6 rings (SSSR count). The molecule has 6 fully saturated rings. The number of carbonyl (C=O) groups excluding carboxylic acids is 2. The van der Waals surface area contributed by atoms with E-state index in [4.69, 9.17) is 0 Å². The van der Waals surface area contributed by atoms with Crippen LogP contribution in [0, 0.1) is 34.5 Å². The van der Waals surface area contributed by atoms with E-state index in [1.54, 1.807) is 4.90 Å². The lowest BCUT2D eigenvalue weighted by molar-refractivity contribution is -0.181. The largest absolute Gasteiger partial charge is 0.390 e. The molecule has 0 radical (unpaired) electrons. The fourth-order valence-electron chi connectivity index (χ4n) is 7.24. The molecule has 0 aromatic heterocycles. The molecule has 1 heterocycles. The van der Waals surface area contributed by atoms with Crippen molar-refractivity contribution in [1.82, 2.24) is 10.2 Å². The summed E-state index contributed by atoms with van der Waals surface area (Å²) >= 11 is 0. The van der Waals surface area contributed by atoms with Crippen molar-refractivity contribution in [2.24, 2.45) is 23.2 Å². The molecular weight excluding hydrogens is 318 g/mol. The minimum absolute atomic E-state index is 0.0887. The summed E-state index contributed by atoms with van der Waals surface area (Å²) in [5.41, 5.74) is -1.02. The first-order valence-corrected chi connectivity index (χ1v) is 9.61. The summed E-state index contributed by atoms with van der Waals surface area (Å²) < 4.78 is 0. The van der Waals surface area contributed by atoms with Crippen LogP contribution in [0.15, 0.2) is 0 Å². The summed E-state index contributed by atoms with van der Waals surface area (Å²) in [7, 11) is 0. The van der Waals surface area contributed by atoms with E-state index in [0.717, 1.165) is 44.9 Å². The van der Waals surface area contributed by atoms with Crippen molar-refractivity contribution in [3.63, 3.8) is 0 Å². The summed E-state index contributed by atoms with van der Waals surface area (Å²) in [5, 5.41) is 23.3. The number of nitrogens with one attached hydrogen (secondary N) is 1. The van der Waals surface area contributed by atoms with Crippen LogP contribution in [0.4, 0.5) is 0 Å². The first kappa shape index (κ1) is 15.6. The second-order valence-electron chi connectivity index (χ2n) is 9.45. The van der Waals surface area contributed by atoms with E-state index in [0.29, 0.717) is 30.6 Å². The number of nitrogens with zero attached hydrogens (tertiary/aromatic N) is 2. The lowest BCUT2D eigenvalue weighted by Gasteiger charge is -2.62. The Labute approximate surface area is 147 Å². The van der Waals surface area contributed by atoms with Gasteiger partial charge >= 0.3 is 0 Å². The number of aliphatic hydroxyl groups is 1. The Bertz CT molecular complexity index is 657.